The molecule has 1 fully saturated rings. The van der Waals surface area contributed by atoms with E-state index < -0.39 is 0 Å². The van der Waals surface area contributed by atoms with E-state index in [1.54, 1.807) is 17.4 Å². The summed E-state index contributed by atoms with van der Waals surface area (Å²) in [5.41, 5.74) is 0.909. The third kappa shape index (κ3) is 2.34. The SMILES string of the molecule is CC1(Nc2nc3cc(F)ccc3s2)CCCCC1. The molecule has 1 aromatic heterocycles. The first-order valence-electron chi connectivity index (χ1n) is 6.49. The van der Waals surface area contributed by atoms with Crippen LogP contribution >= 0.6 is 11.3 Å². The van der Waals surface area contributed by atoms with E-state index in [0.29, 0.717) is 0 Å². The Morgan fingerprint density at radius 1 is 1.28 bits per heavy atom. The number of anilines is 1. The molecule has 0 aliphatic heterocycles. The summed E-state index contributed by atoms with van der Waals surface area (Å²) in [6, 6.07) is 4.80. The second-order valence-electron chi connectivity index (χ2n) is 5.38. The van der Waals surface area contributed by atoms with Gasteiger partial charge in [-0.15, -0.1) is 0 Å². The first-order valence-corrected chi connectivity index (χ1v) is 7.31. The summed E-state index contributed by atoms with van der Waals surface area (Å²) in [5, 5.41) is 4.47. The Balaban J connectivity index is 1.86. The maximum Gasteiger partial charge on any atom is 0.184 e. The van der Waals surface area contributed by atoms with Crippen molar-refractivity contribution < 1.29 is 4.39 Å². The number of fused-ring (bicyclic) bond motifs is 1. The first kappa shape index (κ1) is 11.9. The van der Waals surface area contributed by atoms with E-state index in [-0.39, 0.29) is 11.4 Å². The van der Waals surface area contributed by atoms with Crippen molar-refractivity contribution in [3.8, 4) is 0 Å². The summed E-state index contributed by atoms with van der Waals surface area (Å²) in [6.45, 7) is 2.26. The molecule has 2 nitrogen and oxygen atoms in total. The van der Waals surface area contributed by atoms with Crippen molar-refractivity contribution >= 4 is 26.7 Å². The maximum absolute atomic E-state index is 13.1. The van der Waals surface area contributed by atoms with Crippen LogP contribution in [0.1, 0.15) is 39.0 Å². The molecule has 0 amide bonds. The molecule has 0 atom stereocenters. The minimum Gasteiger partial charge on any atom is -0.356 e. The van der Waals surface area contributed by atoms with Gasteiger partial charge in [0.15, 0.2) is 5.13 Å². The van der Waals surface area contributed by atoms with Crippen molar-refractivity contribution in [1.29, 1.82) is 0 Å². The normalized spacial score (nSPS) is 19.0. The molecule has 2 aromatic rings. The lowest BCUT2D eigenvalue weighted by atomic mass is 9.83. The van der Waals surface area contributed by atoms with Crippen molar-refractivity contribution in [2.24, 2.45) is 0 Å². The third-order valence-electron chi connectivity index (χ3n) is 3.72. The molecule has 1 heterocycles. The van der Waals surface area contributed by atoms with Crippen LogP contribution in [-0.4, -0.2) is 10.5 Å². The Kier molecular flexibility index (Phi) is 2.98. The summed E-state index contributed by atoms with van der Waals surface area (Å²) >= 11 is 1.61. The highest BCUT2D eigenvalue weighted by Crippen LogP contribution is 2.34. The molecule has 96 valence electrons. The fourth-order valence-electron chi connectivity index (χ4n) is 2.67. The molecule has 1 aliphatic carbocycles. The number of hydrogen-bond donors (Lipinski definition) is 1. The smallest absolute Gasteiger partial charge is 0.184 e. The molecular formula is C14H17FN2S. The fraction of sp³-hybridized carbons (Fsp3) is 0.500. The van der Waals surface area contributed by atoms with E-state index in [9.17, 15) is 4.39 Å². The lowest BCUT2D eigenvalue weighted by Crippen LogP contribution is -2.36. The summed E-state index contributed by atoms with van der Waals surface area (Å²) in [6.07, 6.45) is 6.28. The van der Waals surface area contributed by atoms with Gasteiger partial charge < -0.3 is 5.32 Å². The van der Waals surface area contributed by atoms with Gasteiger partial charge in [-0.1, -0.05) is 30.6 Å². The zero-order valence-corrected chi connectivity index (χ0v) is 11.3. The molecule has 0 bridgehead atoms. The van der Waals surface area contributed by atoms with Gasteiger partial charge in [-0.25, -0.2) is 9.37 Å². The molecule has 0 saturated heterocycles. The van der Waals surface area contributed by atoms with E-state index in [1.165, 1.54) is 44.2 Å². The predicted octanol–water partition coefficient (Wildman–Crippen LogP) is 4.57. The van der Waals surface area contributed by atoms with E-state index in [4.69, 9.17) is 0 Å². The van der Waals surface area contributed by atoms with Gasteiger partial charge in [-0.2, -0.15) is 0 Å². The minimum absolute atomic E-state index is 0.157. The number of nitrogens with one attached hydrogen (secondary N) is 1. The van der Waals surface area contributed by atoms with Crippen molar-refractivity contribution in [2.45, 2.75) is 44.6 Å². The Labute approximate surface area is 110 Å². The maximum atomic E-state index is 13.1. The van der Waals surface area contributed by atoms with Crippen LogP contribution in [0.3, 0.4) is 0 Å². The number of halogens is 1. The number of hydrogen-bond acceptors (Lipinski definition) is 3. The van der Waals surface area contributed by atoms with E-state index in [0.717, 1.165) is 15.3 Å². The van der Waals surface area contributed by atoms with Gasteiger partial charge in [0.2, 0.25) is 0 Å². The van der Waals surface area contributed by atoms with Gasteiger partial charge in [0.1, 0.15) is 5.82 Å². The van der Waals surface area contributed by atoms with Crippen LogP contribution in [0.2, 0.25) is 0 Å². The van der Waals surface area contributed by atoms with Gasteiger partial charge >= 0.3 is 0 Å². The molecule has 3 rings (SSSR count). The van der Waals surface area contributed by atoms with E-state index in [2.05, 4.69) is 17.2 Å². The quantitative estimate of drug-likeness (QED) is 0.859. The molecular weight excluding hydrogens is 247 g/mol. The van der Waals surface area contributed by atoms with Crippen LogP contribution < -0.4 is 5.32 Å². The highest BCUT2D eigenvalue weighted by atomic mass is 32.1. The lowest BCUT2D eigenvalue weighted by molar-refractivity contribution is 0.349. The van der Waals surface area contributed by atoms with Crippen LogP contribution in [0.15, 0.2) is 18.2 Å². The number of thiazole rings is 1. The van der Waals surface area contributed by atoms with Gasteiger partial charge in [-0.3, -0.25) is 0 Å². The number of benzene rings is 1. The second-order valence-corrected chi connectivity index (χ2v) is 6.41. The Bertz CT molecular complexity index is 558. The monoisotopic (exact) mass is 264 g/mol. The van der Waals surface area contributed by atoms with Crippen LogP contribution in [0, 0.1) is 5.82 Å². The Morgan fingerprint density at radius 2 is 2.06 bits per heavy atom. The number of aromatic nitrogens is 1. The van der Waals surface area contributed by atoms with Crippen molar-refractivity contribution in [3.05, 3.63) is 24.0 Å². The number of nitrogens with zero attached hydrogens (tertiary/aromatic N) is 1. The Hall–Kier alpha value is -1.16. The van der Waals surface area contributed by atoms with Crippen LogP contribution in [0.25, 0.3) is 10.2 Å². The van der Waals surface area contributed by atoms with Crippen molar-refractivity contribution in [2.75, 3.05) is 5.32 Å². The van der Waals surface area contributed by atoms with Crippen molar-refractivity contribution in [1.82, 2.24) is 4.98 Å². The second kappa shape index (κ2) is 4.50. The molecule has 0 radical (unpaired) electrons. The summed E-state index contributed by atoms with van der Waals surface area (Å²) in [7, 11) is 0. The average Bonchev–Trinajstić information content (AvgIpc) is 2.70. The van der Waals surface area contributed by atoms with Crippen LogP contribution in [-0.2, 0) is 0 Å². The Morgan fingerprint density at radius 3 is 2.83 bits per heavy atom. The summed E-state index contributed by atoms with van der Waals surface area (Å²) < 4.78 is 14.2. The minimum atomic E-state index is -0.219. The van der Waals surface area contributed by atoms with Crippen molar-refractivity contribution in [3.63, 3.8) is 0 Å². The third-order valence-corrected chi connectivity index (χ3v) is 4.67. The molecule has 0 spiro atoms. The van der Waals surface area contributed by atoms with Crippen LogP contribution in [0.4, 0.5) is 9.52 Å². The van der Waals surface area contributed by atoms with E-state index >= 15 is 0 Å². The lowest BCUT2D eigenvalue weighted by Gasteiger charge is -2.34. The van der Waals surface area contributed by atoms with Gasteiger partial charge in [-0.05, 0) is 31.9 Å². The average molecular weight is 264 g/mol. The molecule has 1 aliphatic rings. The molecule has 1 saturated carbocycles. The van der Waals surface area contributed by atoms with Gasteiger partial charge in [0.25, 0.3) is 0 Å². The fourth-order valence-corrected chi connectivity index (χ4v) is 3.66. The first-order chi connectivity index (χ1) is 8.65. The number of rotatable bonds is 2. The van der Waals surface area contributed by atoms with Gasteiger partial charge in [0.05, 0.1) is 10.2 Å². The molecule has 0 unspecified atom stereocenters. The standard InChI is InChI=1S/C14H17FN2S/c1-14(7-3-2-4-8-14)17-13-16-11-9-10(15)5-6-12(11)18-13/h5-6,9H,2-4,7-8H2,1H3,(H,16,17). The molecule has 18 heavy (non-hydrogen) atoms. The highest BCUT2D eigenvalue weighted by Gasteiger charge is 2.27. The molecule has 4 heteroatoms. The van der Waals surface area contributed by atoms with E-state index in [1.807, 2.05) is 0 Å². The van der Waals surface area contributed by atoms with Crippen LogP contribution in [0.5, 0.6) is 0 Å². The molecule has 1 N–H and O–H groups in total. The zero-order chi connectivity index (χ0) is 12.6. The highest BCUT2D eigenvalue weighted by molar-refractivity contribution is 7.22. The molecule has 1 aromatic carbocycles. The van der Waals surface area contributed by atoms with Gasteiger partial charge in [0, 0.05) is 11.6 Å². The summed E-state index contributed by atoms with van der Waals surface area (Å²) in [5.74, 6) is -0.219. The summed E-state index contributed by atoms with van der Waals surface area (Å²) in [4.78, 5) is 4.48. The zero-order valence-electron chi connectivity index (χ0n) is 10.5. The largest absolute Gasteiger partial charge is 0.356 e. The topological polar surface area (TPSA) is 24.9 Å². The predicted molar refractivity (Wildman–Crippen MR) is 74.7 cm³/mol.